The van der Waals surface area contributed by atoms with Gasteiger partial charge in [-0.1, -0.05) is 137 Å². The molecule has 1 aromatic heterocycles. The average molecular weight is 1670 g/mol. The van der Waals surface area contributed by atoms with Crippen molar-refractivity contribution in [2.75, 3.05) is 58.9 Å². The molecule has 0 spiro atoms. The SMILES string of the molecule is CNCCCC[C@@H]1CC(=O)[C@H](Cc2c[nH]c3ccccc23)NC(=O)[C@H](Cc2ccccc2)CC(=O)[C@H](Cc2ccccc2)NC(=O)[C@H](CC(C)=O)NC(=O)[C@H](CCCCNC)NC(=O)[C@@H](NC(=O)CNC(=O)[C@H](C)NC)CSSC[C@@H](C(C)=O)NC(=O)[C@H](CO)NC(=O)[C@H]([C@@H](C)O)CC(=O)[C@H](Cc2ccccc2)NC(=O)[C@H]([C@@H](C)O)NC1=O. The number of ketones is 5. The molecule has 1 aliphatic rings. The molecule has 0 aliphatic carbocycles. The van der Waals surface area contributed by atoms with Crippen molar-refractivity contribution in [2.24, 2.45) is 17.8 Å². The minimum absolute atomic E-state index is 0.0424. The highest BCUT2D eigenvalue weighted by Gasteiger charge is 2.40. The third-order valence-corrected chi connectivity index (χ3v) is 22.8. The summed E-state index contributed by atoms with van der Waals surface area (Å²) in [6.45, 7) is 5.60. The number of nitrogens with one attached hydrogen (secondary N) is 14. The van der Waals surface area contributed by atoms with Gasteiger partial charge in [0.15, 0.2) is 23.1 Å². The summed E-state index contributed by atoms with van der Waals surface area (Å²) in [4.78, 5) is 220. The van der Waals surface area contributed by atoms with Gasteiger partial charge < -0.3 is 89.4 Å². The van der Waals surface area contributed by atoms with Gasteiger partial charge in [-0.05, 0) is 149 Å². The Balaban J connectivity index is 1.48. The first-order chi connectivity index (χ1) is 56.4. The lowest BCUT2D eigenvalue weighted by Gasteiger charge is -2.28. The Labute approximate surface area is 695 Å². The number of unbranched alkanes of at least 4 members (excludes halogenated alkanes) is 2. The summed E-state index contributed by atoms with van der Waals surface area (Å²) in [5, 5.41) is 69.0. The lowest BCUT2D eigenvalue weighted by atomic mass is 9.87. The summed E-state index contributed by atoms with van der Waals surface area (Å²) in [6, 6.07) is 18.1. The molecule has 4 aromatic carbocycles. The van der Waals surface area contributed by atoms with E-state index in [1.165, 1.54) is 27.8 Å². The zero-order chi connectivity index (χ0) is 86.4. The van der Waals surface area contributed by atoms with Crippen molar-refractivity contribution in [3.63, 3.8) is 0 Å². The Bertz CT molecular complexity index is 4180. The number of hydrogen-bond acceptors (Lipinski definition) is 23. The molecule has 1 aliphatic heterocycles. The summed E-state index contributed by atoms with van der Waals surface area (Å²) < 4.78 is 0. The monoisotopic (exact) mass is 1670 g/mol. The molecule has 1 saturated heterocycles. The van der Waals surface area contributed by atoms with Gasteiger partial charge in [-0.25, -0.2) is 0 Å². The van der Waals surface area contributed by atoms with Crippen LogP contribution in [0.2, 0.25) is 0 Å². The van der Waals surface area contributed by atoms with E-state index in [1.54, 1.807) is 124 Å². The van der Waals surface area contributed by atoms with Crippen molar-refractivity contribution in [2.45, 2.75) is 197 Å². The molecule has 0 bridgehead atoms. The van der Waals surface area contributed by atoms with E-state index in [2.05, 4.69) is 74.1 Å². The Morgan fingerprint density at radius 2 is 0.966 bits per heavy atom. The summed E-state index contributed by atoms with van der Waals surface area (Å²) in [7, 11) is 6.84. The lowest BCUT2D eigenvalue weighted by Crippen LogP contribution is -2.59. The maximum absolute atomic E-state index is 15.6. The largest absolute Gasteiger partial charge is 0.394 e. The van der Waals surface area contributed by atoms with Crippen LogP contribution in [-0.4, -0.2) is 240 Å². The number of likely N-dealkylation sites (N-methyl/N-ethyl adjacent to an activating group) is 1. The van der Waals surface area contributed by atoms with Gasteiger partial charge >= 0.3 is 0 Å². The second-order valence-corrected chi connectivity index (χ2v) is 32.4. The number of fused-ring (bicyclic) bond motifs is 1. The van der Waals surface area contributed by atoms with Gasteiger partial charge in [0.2, 0.25) is 59.1 Å². The second kappa shape index (κ2) is 50.6. The number of aromatic amines is 1. The third-order valence-electron chi connectivity index (χ3n) is 20.4. The first kappa shape index (κ1) is 96.8. The number of hydrogen-bond donors (Lipinski definition) is 17. The van der Waals surface area contributed by atoms with Gasteiger partial charge in [-0.2, -0.15) is 0 Å². The quantitative estimate of drug-likeness (QED) is 0.0232. The van der Waals surface area contributed by atoms with Crippen LogP contribution in [0.5, 0.6) is 0 Å². The number of H-pyrrole nitrogens is 1. The van der Waals surface area contributed by atoms with Crippen LogP contribution in [0.15, 0.2) is 121 Å². The molecule has 0 saturated carbocycles. The molecular formula is C84H116N14O18S2. The van der Waals surface area contributed by atoms with Crippen molar-refractivity contribution in [1.29, 1.82) is 0 Å². The molecular weight excluding hydrogens is 1560 g/mol. The van der Waals surface area contributed by atoms with Crippen molar-refractivity contribution >= 4 is 120 Å². The van der Waals surface area contributed by atoms with Crippen molar-refractivity contribution in [3.05, 3.63) is 144 Å². The number of benzene rings is 4. The van der Waals surface area contributed by atoms with Gasteiger partial charge in [-0.15, -0.1) is 0 Å². The molecule has 642 valence electrons. The van der Waals surface area contributed by atoms with Gasteiger partial charge in [0.1, 0.15) is 36.0 Å². The zero-order valence-corrected chi connectivity index (χ0v) is 69.8. The normalized spacial score (nSPS) is 23.7. The number of aliphatic hydroxyl groups excluding tert-OH is 3. The smallest absolute Gasteiger partial charge is 0.245 e. The highest BCUT2D eigenvalue weighted by molar-refractivity contribution is 8.76. The Morgan fingerprint density at radius 1 is 0.483 bits per heavy atom. The van der Waals surface area contributed by atoms with Crippen LogP contribution in [0.1, 0.15) is 121 Å². The van der Waals surface area contributed by atoms with Crippen LogP contribution in [0, 0.1) is 17.8 Å². The number of aliphatic hydroxyl groups is 3. The van der Waals surface area contributed by atoms with Crippen LogP contribution in [0.3, 0.4) is 0 Å². The van der Waals surface area contributed by atoms with Crippen molar-refractivity contribution in [1.82, 2.24) is 74.1 Å². The second-order valence-electron chi connectivity index (χ2n) is 29.9. The fourth-order valence-corrected chi connectivity index (χ4v) is 15.7. The molecule has 10 amide bonds. The molecule has 15 atom stereocenters. The number of rotatable bonds is 29. The van der Waals surface area contributed by atoms with E-state index in [4.69, 9.17) is 0 Å². The molecule has 34 heteroatoms. The highest BCUT2D eigenvalue weighted by atomic mass is 33.1. The van der Waals surface area contributed by atoms with E-state index in [0.717, 1.165) is 28.5 Å². The minimum atomic E-state index is -1.80. The zero-order valence-electron chi connectivity index (χ0n) is 68.1. The van der Waals surface area contributed by atoms with E-state index in [9.17, 15) is 63.3 Å². The number of carbonyl (C=O) groups is 15. The highest BCUT2D eigenvalue weighted by Crippen LogP contribution is 2.27. The van der Waals surface area contributed by atoms with Crippen LogP contribution >= 0.6 is 21.6 Å². The van der Waals surface area contributed by atoms with Crippen LogP contribution in [0.4, 0.5) is 0 Å². The number of carbonyl (C=O) groups excluding carboxylic acids is 15. The van der Waals surface area contributed by atoms with E-state index in [-0.39, 0.29) is 50.0 Å². The summed E-state index contributed by atoms with van der Waals surface area (Å²) >= 11 is 0. The Kier molecular flexibility index (Phi) is 41.5. The number of para-hydroxylation sites is 1. The molecule has 118 heavy (non-hydrogen) atoms. The molecule has 17 N–H and O–H groups in total. The topological polar surface area (TPSA) is 489 Å². The third kappa shape index (κ3) is 32.3. The van der Waals surface area contributed by atoms with Gasteiger partial charge in [0.25, 0.3) is 0 Å². The Morgan fingerprint density at radius 3 is 1.53 bits per heavy atom. The van der Waals surface area contributed by atoms with E-state index >= 15 is 24.0 Å². The van der Waals surface area contributed by atoms with Gasteiger partial charge in [-0.3, -0.25) is 71.9 Å². The van der Waals surface area contributed by atoms with Gasteiger partial charge in [0, 0.05) is 72.5 Å². The minimum Gasteiger partial charge on any atom is -0.394 e. The summed E-state index contributed by atoms with van der Waals surface area (Å²) in [6.07, 6.45) is -3.15. The van der Waals surface area contributed by atoms with Crippen LogP contribution in [-0.2, 0) is 97.6 Å². The van der Waals surface area contributed by atoms with E-state index in [1.807, 2.05) is 18.2 Å². The fourth-order valence-electron chi connectivity index (χ4n) is 13.3. The lowest BCUT2D eigenvalue weighted by molar-refractivity contribution is -0.138. The number of amides is 10. The first-order valence-corrected chi connectivity index (χ1v) is 42.4. The molecule has 0 unspecified atom stereocenters. The maximum Gasteiger partial charge on any atom is 0.245 e. The fraction of sp³-hybridized carbons (Fsp3) is 0.512. The number of aromatic nitrogens is 1. The molecule has 2 heterocycles. The van der Waals surface area contributed by atoms with Crippen molar-refractivity contribution in [3.8, 4) is 0 Å². The standard InChI is InChI=1S/C84H116N14O18S2/c1-49(100)36-67-81(113)93-64(38-55-26-14-10-15-27-55)72(105)42-58(37-54-24-12-9-13-25-54)78(110)92-66(40-59-44-88-62-32-19-18-31-60(59)62)71(104)41-57(30-20-22-34-85-6)77(109)98-75(53(5)103)84(116)94-65(39-56-28-16-11-17-29-56)73(106)43-61(51(3)101)79(111)96-68(46-99)82(114)97-69(52(4)102)47-117-118-48-70(90-74(107)45-89-76(108)50(2)87-8)83(115)91-63(80(112)95-67)33-21-23-35-86-7/h9-19,24-29,31-32,44,50-51,53,57-58,61,63-70,75,85-88,99,101,103H,20-23,30,33-43,45-48H2,1-8H3,(H,89,108)(H,90,107)(H,91,115)(H,92,110)(H,93,113)(H,94,116)(H,95,112)(H,96,111)(H,97,114)(H,98,109)/t50-,51+,53+,57+,58+,61-,63-,64-,65-,66-,67-,68-,69-,70-,75-/m0/s1. The van der Waals surface area contributed by atoms with E-state index in [0.29, 0.717) is 71.9 Å². The molecule has 32 nitrogen and oxygen atoms in total. The summed E-state index contributed by atoms with van der Waals surface area (Å²) in [5.74, 6) is -17.2. The predicted octanol–water partition coefficient (Wildman–Crippen LogP) is 0.748. The molecule has 5 aromatic rings. The van der Waals surface area contributed by atoms with E-state index < -0.39 is 217 Å². The van der Waals surface area contributed by atoms with Crippen LogP contribution in [0.25, 0.3) is 10.9 Å². The molecule has 0 radical (unpaired) electrons. The number of Topliss-reactive ketones (excluding diaryl/α,β-unsaturated/α-hetero) is 5. The van der Waals surface area contributed by atoms with Crippen LogP contribution < -0.4 is 69.1 Å². The van der Waals surface area contributed by atoms with Crippen molar-refractivity contribution < 1.29 is 87.2 Å². The molecule has 6 rings (SSSR count). The average Bonchev–Trinajstić information content (AvgIpc) is 1.63. The summed E-state index contributed by atoms with van der Waals surface area (Å²) in [5.41, 5.74) is 2.96. The molecule has 1 fully saturated rings. The first-order valence-electron chi connectivity index (χ1n) is 39.9. The maximum atomic E-state index is 15.6. The van der Waals surface area contributed by atoms with Gasteiger partial charge in [0.05, 0.1) is 61.5 Å². The Hall–Kier alpha value is -10.1. The predicted molar refractivity (Wildman–Crippen MR) is 448 cm³/mol.